The number of halogens is 2. The van der Waals surface area contributed by atoms with Gasteiger partial charge in [-0.05, 0) is 14.0 Å². The lowest BCUT2D eigenvalue weighted by molar-refractivity contribution is 0.0138. The van der Waals surface area contributed by atoms with E-state index >= 15 is 0 Å². The van der Waals surface area contributed by atoms with Gasteiger partial charge in [0, 0.05) is 6.42 Å². The molecule has 0 unspecified atom stereocenters. The number of aryl methyl sites for hydroxylation is 1. The first kappa shape index (κ1) is 9.51. The van der Waals surface area contributed by atoms with Crippen LogP contribution in [0, 0.1) is 6.92 Å². The summed E-state index contributed by atoms with van der Waals surface area (Å²) in [5, 5.41) is 3.59. The molecular formula is C8H11F2N3O. The average molecular weight is 203 g/mol. The Hall–Kier alpha value is -1.04. The Balaban J connectivity index is 2.20. The maximum absolute atomic E-state index is 13.0. The molecule has 1 aliphatic rings. The van der Waals surface area contributed by atoms with E-state index in [2.05, 4.69) is 10.1 Å². The van der Waals surface area contributed by atoms with Crippen LogP contribution >= 0.6 is 0 Å². The molecular weight excluding hydrogens is 192 g/mol. The highest BCUT2D eigenvalue weighted by Gasteiger charge is 2.46. The Kier molecular flexibility index (Phi) is 2.02. The summed E-state index contributed by atoms with van der Waals surface area (Å²) in [6.07, 6.45) is -0.245. The first-order valence-corrected chi connectivity index (χ1v) is 4.36. The van der Waals surface area contributed by atoms with Crippen molar-refractivity contribution < 1.29 is 13.3 Å². The van der Waals surface area contributed by atoms with Crippen molar-refractivity contribution in [2.75, 3.05) is 13.6 Å². The van der Waals surface area contributed by atoms with Crippen molar-refractivity contribution in [3.05, 3.63) is 11.7 Å². The van der Waals surface area contributed by atoms with Crippen LogP contribution in [0.25, 0.3) is 0 Å². The lowest BCUT2D eigenvalue weighted by Crippen LogP contribution is -2.22. The van der Waals surface area contributed by atoms with Gasteiger partial charge < -0.3 is 4.52 Å². The van der Waals surface area contributed by atoms with Crippen LogP contribution in [0.3, 0.4) is 0 Å². The summed E-state index contributed by atoms with van der Waals surface area (Å²) in [7, 11) is 1.63. The Morgan fingerprint density at radius 3 is 2.71 bits per heavy atom. The van der Waals surface area contributed by atoms with E-state index in [1.807, 2.05) is 0 Å². The normalized spacial score (nSPS) is 27.0. The molecule has 0 spiro atoms. The summed E-state index contributed by atoms with van der Waals surface area (Å²) >= 11 is 0. The molecule has 0 aromatic carbocycles. The Morgan fingerprint density at radius 1 is 1.57 bits per heavy atom. The lowest BCUT2D eigenvalue weighted by atomic mass is 10.2. The molecule has 0 saturated carbocycles. The van der Waals surface area contributed by atoms with Crippen LogP contribution in [0.5, 0.6) is 0 Å². The number of hydrogen-bond acceptors (Lipinski definition) is 4. The summed E-state index contributed by atoms with van der Waals surface area (Å²) in [6.45, 7) is 1.42. The fourth-order valence-corrected chi connectivity index (χ4v) is 1.70. The third kappa shape index (κ3) is 1.61. The zero-order valence-electron chi connectivity index (χ0n) is 8.00. The van der Waals surface area contributed by atoms with Gasteiger partial charge in [0.2, 0.25) is 5.89 Å². The number of hydrogen-bond donors (Lipinski definition) is 0. The van der Waals surface area contributed by atoms with Gasteiger partial charge in [-0.2, -0.15) is 4.98 Å². The topological polar surface area (TPSA) is 42.2 Å². The highest BCUT2D eigenvalue weighted by atomic mass is 19.3. The molecule has 78 valence electrons. The van der Waals surface area contributed by atoms with E-state index in [1.165, 1.54) is 4.90 Å². The monoisotopic (exact) mass is 203 g/mol. The van der Waals surface area contributed by atoms with Gasteiger partial charge in [-0.25, -0.2) is 8.78 Å². The number of likely N-dealkylation sites (tertiary alicyclic amines) is 1. The van der Waals surface area contributed by atoms with Crippen LogP contribution in [0.2, 0.25) is 0 Å². The van der Waals surface area contributed by atoms with Gasteiger partial charge in [0.05, 0.1) is 12.6 Å². The van der Waals surface area contributed by atoms with Gasteiger partial charge in [-0.15, -0.1) is 0 Å². The summed E-state index contributed by atoms with van der Waals surface area (Å²) in [6, 6.07) is -0.453. The largest absolute Gasteiger partial charge is 0.338 e. The fourth-order valence-electron chi connectivity index (χ4n) is 1.70. The summed E-state index contributed by atoms with van der Waals surface area (Å²) < 4.78 is 30.9. The minimum Gasteiger partial charge on any atom is -0.338 e. The van der Waals surface area contributed by atoms with E-state index in [-0.39, 0.29) is 18.9 Å². The molecule has 1 saturated heterocycles. The molecule has 1 fully saturated rings. The second-order valence-electron chi connectivity index (χ2n) is 3.67. The third-order valence-electron chi connectivity index (χ3n) is 2.33. The van der Waals surface area contributed by atoms with Crippen molar-refractivity contribution >= 4 is 0 Å². The molecule has 2 rings (SSSR count). The highest BCUT2D eigenvalue weighted by molar-refractivity contribution is 4.99. The van der Waals surface area contributed by atoms with Crippen LogP contribution in [0.15, 0.2) is 4.52 Å². The smallest absolute Gasteiger partial charge is 0.262 e. The van der Waals surface area contributed by atoms with Crippen molar-refractivity contribution in [3.63, 3.8) is 0 Å². The molecule has 0 aliphatic carbocycles. The minimum absolute atomic E-state index is 0.245. The van der Waals surface area contributed by atoms with Gasteiger partial charge in [-0.1, -0.05) is 5.16 Å². The molecule has 0 amide bonds. The molecule has 1 aromatic heterocycles. The summed E-state index contributed by atoms with van der Waals surface area (Å²) in [5.74, 6) is -1.90. The zero-order valence-corrected chi connectivity index (χ0v) is 8.00. The molecule has 6 heteroatoms. The molecule has 14 heavy (non-hydrogen) atoms. The van der Waals surface area contributed by atoms with Crippen molar-refractivity contribution in [1.29, 1.82) is 0 Å². The van der Waals surface area contributed by atoms with Gasteiger partial charge in [0.25, 0.3) is 5.92 Å². The molecule has 0 N–H and O–H groups in total. The van der Waals surface area contributed by atoms with Crippen LogP contribution in [0.4, 0.5) is 8.78 Å². The van der Waals surface area contributed by atoms with Crippen molar-refractivity contribution in [2.45, 2.75) is 25.3 Å². The quantitative estimate of drug-likeness (QED) is 0.691. The Morgan fingerprint density at radius 2 is 2.29 bits per heavy atom. The van der Waals surface area contributed by atoms with Gasteiger partial charge >= 0.3 is 0 Å². The first-order chi connectivity index (χ1) is 6.48. The minimum atomic E-state index is -2.65. The third-order valence-corrected chi connectivity index (χ3v) is 2.33. The number of rotatable bonds is 1. The lowest BCUT2D eigenvalue weighted by Gasteiger charge is -2.12. The van der Waals surface area contributed by atoms with Gasteiger partial charge in [0.1, 0.15) is 0 Å². The van der Waals surface area contributed by atoms with Crippen LogP contribution in [0.1, 0.15) is 24.2 Å². The maximum Gasteiger partial charge on any atom is 0.262 e. The number of alkyl halides is 2. The molecule has 4 nitrogen and oxygen atoms in total. The molecule has 1 aliphatic heterocycles. The van der Waals surface area contributed by atoms with Crippen molar-refractivity contribution in [3.8, 4) is 0 Å². The molecule has 2 heterocycles. The SMILES string of the molecule is Cc1noc([C@H]2CC(F)(F)CN2C)n1. The molecule has 0 radical (unpaired) electrons. The van der Waals surface area contributed by atoms with Gasteiger partial charge in [-0.3, -0.25) is 4.90 Å². The Bertz CT molecular complexity index is 339. The zero-order chi connectivity index (χ0) is 10.3. The van der Waals surface area contributed by atoms with E-state index in [0.29, 0.717) is 5.82 Å². The standard InChI is InChI=1S/C8H11F2N3O/c1-5-11-7(14-12-5)6-3-8(9,10)4-13(6)2/h6H,3-4H2,1-2H3/t6-/m1/s1. The van der Waals surface area contributed by atoms with Crippen molar-refractivity contribution in [1.82, 2.24) is 15.0 Å². The summed E-state index contributed by atoms with van der Waals surface area (Å²) in [5.41, 5.74) is 0. The first-order valence-electron chi connectivity index (χ1n) is 4.36. The molecule has 0 bridgehead atoms. The van der Waals surface area contributed by atoms with Crippen LogP contribution < -0.4 is 0 Å². The van der Waals surface area contributed by atoms with E-state index in [4.69, 9.17) is 4.52 Å². The predicted molar refractivity (Wildman–Crippen MR) is 44.0 cm³/mol. The highest BCUT2D eigenvalue weighted by Crippen LogP contribution is 2.38. The fraction of sp³-hybridized carbons (Fsp3) is 0.750. The number of nitrogens with zero attached hydrogens (tertiary/aromatic N) is 3. The second-order valence-corrected chi connectivity index (χ2v) is 3.67. The Labute approximate surface area is 79.9 Å². The van der Waals surface area contributed by atoms with Gasteiger partial charge in [0.15, 0.2) is 5.82 Å². The molecule has 1 atom stereocenters. The van der Waals surface area contributed by atoms with E-state index < -0.39 is 12.0 Å². The van der Waals surface area contributed by atoms with Crippen molar-refractivity contribution in [2.24, 2.45) is 0 Å². The number of aromatic nitrogens is 2. The summed E-state index contributed by atoms with van der Waals surface area (Å²) in [4.78, 5) is 5.49. The second kappa shape index (κ2) is 2.98. The van der Waals surface area contributed by atoms with E-state index in [1.54, 1.807) is 14.0 Å². The van der Waals surface area contributed by atoms with E-state index in [9.17, 15) is 8.78 Å². The van der Waals surface area contributed by atoms with Crippen LogP contribution in [-0.4, -0.2) is 34.6 Å². The maximum atomic E-state index is 13.0. The average Bonchev–Trinajstić information content (AvgIpc) is 2.55. The predicted octanol–water partition coefficient (Wildman–Crippen LogP) is 1.39. The van der Waals surface area contributed by atoms with Crippen LogP contribution in [-0.2, 0) is 0 Å². The molecule has 1 aromatic rings. The van der Waals surface area contributed by atoms with E-state index in [0.717, 1.165) is 0 Å².